The second-order valence-electron chi connectivity index (χ2n) is 4.37. The molecule has 0 N–H and O–H groups in total. The smallest absolute Gasteiger partial charge is 0.0414 e. The normalized spacial score (nSPS) is 29.3. The molecule has 0 saturated heterocycles. The Hall–Kier alpha value is -0.0100. The van der Waals surface area contributed by atoms with Gasteiger partial charge in [-0.25, -0.2) is 0 Å². The molecule has 1 heterocycles. The van der Waals surface area contributed by atoms with Crippen molar-refractivity contribution in [3.8, 4) is 0 Å². The largest absolute Gasteiger partial charge is 0.149 e. The summed E-state index contributed by atoms with van der Waals surface area (Å²) >= 11 is 8.31. The van der Waals surface area contributed by atoms with Gasteiger partial charge in [-0.15, -0.1) is 22.9 Å². The Morgan fingerprint density at radius 2 is 2.43 bits per heavy atom. The molecule has 3 unspecified atom stereocenters. The average Bonchev–Trinajstić information content (AvgIpc) is 2.75. The lowest BCUT2D eigenvalue weighted by atomic mass is 9.92. The van der Waals surface area contributed by atoms with Crippen LogP contribution in [0, 0.1) is 11.8 Å². The first-order chi connectivity index (χ1) is 6.77. The lowest BCUT2D eigenvalue weighted by Crippen LogP contribution is -2.19. The molecule has 0 nitrogen and oxygen atoms in total. The zero-order valence-electron chi connectivity index (χ0n) is 8.58. The number of thiophene rings is 1. The highest BCUT2D eigenvalue weighted by Crippen LogP contribution is 2.37. The van der Waals surface area contributed by atoms with E-state index in [-0.39, 0.29) is 0 Å². The minimum atomic E-state index is 0.353. The topological polar surface area (TPSA) is 0 Å². The molecule has 1 saturated carbocycles. The number of hydrogen-bond acceptors (Lipinski definition) is 1. The van der Waals surface area contributed by atoms with Crippen LogP contribution >= 0.6 is 22.9 Å². The first-order valence-electron chi connectivity index (χ1n) is 5.44. The highest BCUT2D eigenvalue weighted by Gasteiger charge is 2.29. The molecule has 2 heteroatoms. The molecule has 14 heavy (non-hydrogen) atoms. The SMILES string of the molecule is CC1CCCC1C(Cl)Cc1cccs1. The van der Waals surface area contributed by atoms with E-state index >= 15 is 0 Å². The van der Waals surface area contributed by atoms with Gasteiger partial charge in [-0.3, -0.25) is 0 Å². The van der Waals surface area contributed by atoms with Crippen molar-refractivity contribution in [2.24, 2.45) is 11.8 Å². The van der Waals surface area contributed by atoms with Crippen molar-refractivity contribution >= 4 is 22.9 Å². The van der Waals surface area contributed by atoms with Gasteiger partial charge in [0.15, 0.2) is 0 Å². The van der Waals surface area contributed by atoms with Crippen molar-refractivity contribution in [3.05, 3.63) is 22.4 Å². The predicted molar refractivity (Wildman–Crippen MR) is 64.2 cm³/mol. The van der Waals surface area contributed by atoms with Crippen LogP contribution in [0.4, 0.5) is 0 Å². The van der Waals surface area contributed by atoms with E-state index in [0.29, 0.717) is 5.38 Å². The Bertz CT molecular complexity index is 268. The minimum Gasteiger partial charge on any atom is -0.149 e. The zero-order valence-corrected chi connectivity index (χ0v) is 10.2. The van der Waals surface area contributed by atoms with E-state index in [0.717, 1.165) is 18.3 Å². The van der Waals surface area contributed by atoms with Gasteiger partial charge >= 0.3 is 0 Å². The maximum Gasteiger partial charge on any atom is 0.0414 e. The van der Waals surface area contributed by atoms with Crippen molar-refractivity contribution in [1.29, 1.82) is 0 Å². The van der Waals surface area contributed by atoms with Crippen molar-refractivity contribution in [2.45, 2.75) is 38.0 Å². The van der Waals surface area contributed by atoms with E-state index in [9.17, 15) is 0 Å². The molecule has 1 aromatic rings. The van der Waals surface area contributed by atoms with Crippen LogP contribution in [0.25, 0.3) is 0 Å². The molecule has 0 radical (unpaired) electrons. The monoisotopic (exact) mass is 228 g/mol. The predicted octanol–water partition coefficient (Wildman–Crippen LogP) is 4.33. The minimum absolute atomic E-state index is 0.353. The fourth-order valence-electron chi connectivity index (χ4n) is 2.48. The molecule has 0 bridgehead atoms. The van der Waals surface area contributed by atoms with Gasteiger partial charge < -0.3 is 0 Å². The highest BCUT2D eigenvalue weighted by atomic mass is 35.5. The molecular formula is C12H17ClS. The number of rotatable bonds is 3. The van der Waals surface area contributed by atoms with E-state index < -0.39 is 0 Å². The number of hydrogen-bond donors (Lipinski definition) is 0. The summed E-state index contributed by atoms with van der Waals surface area (Å²) in [7, 11) is 0. The molecule has 1 aliphatic rings. The lowest BCUT2D eigenvalue weighted by Gasteiger charge is -2.20. The van der Waals surface area contributed by atoms with Crippen LogP contribution in [0.1, 0.15) is 31.1 Å². The van der Waals surface area contributed by atoms with Crippen LogP contribution in [-0.4, -0.2) is 5.38 Å². The van der Waals surface area contributed by atoms with Crippen molar-refractivity contribution in [2.75, 3.05) is 0 Å². The van der Waals surface area contributed by atoms with Gasteiger partial charge in [-0.1, -0.05) is 25.8 Å². The van der Waals surface area contributed by atoms with E-state index in [4.69, 9.17) is 11.6 Å². The lowest BCUT2D eigenvalue weighted by molar-refractivity contribution is 0.399. The van der Waals surface area contributed by atoms with Crippen LogP contribution in [-0.2, 0) is 6.42 Å². The van der Waals surface area contributed by atoms with Gasteiger partial charge in [-0.05, 0) is 36.1 Å². The third kappa shape index (κ3) is 2.32. The standard InChI is InChI=1S/C12H17ClS/c1-9-4-2-6-11(9)12(13)8-10-5-3-7-14-10/h3,5,7,9,11-12H,2,4,6,8H2,1H3. The molecule has 0 aliphatic heterocycles. The van der Waals surface area contributed by atoms with Crippen LogP contribution in [0.2, 0.25) is 0 Å². The molecule has 0 amide bonds. The fourth-order valence-corrected chi connectivity index (χ4v) is 3.88. The summed E-state index contributed by atoms with van der Waals surface area (Å²) in [5.41, 5.74) is 0. The maximum atomic E-state index is 6.48. The summed E-state index contributed by atoms with van der Waals surface area (Å²) in [5, 5.41) is 2.49. The van der Waals surface area contributed by atoms with Gasteiger partial charge in [0.1, 0.15) is 0 Å². The van der Waals surface area contributed by atoms with Crippen molar-refractivity contribution in [1.82, 2.24) is 0 Å². The summed E-state index contributed by atoms with van der Waals surface area (Å²) in [6.45, 7) is 2.35. The highest BCUT2D eigenvalue weighted by molar-refractivity contribution is 7.09. The second-order valence-corrected chi connectivity index (χ2v) is 5.96. The van der Waals surface area contributed by atoms with Crippen molar-refractivity contribution in [3.63, 3.8) is 0 Å². The molecule has 1 aromatic heterocycles. The number of halogens is 1. The molecular weight excluding hydrogens is 212 g/mol. The van der Waals surface area contributed by atoms with E-state index in [2.05, 4.69) is 24.4 Å². The van der Waals surface area contributed by atoms with Crippen LogP contribution in [0.15, 0.2) is 17.5 Å². The summed E-state index contributed by atoms with van der Waals surface area (Å²) < 4.78 is 0. The quantitative estimate of drug-likeness (QED) is 0.676. The van der Waals surface area contributed by atoms with Gasteiger partial charge in [0.05, 0.1) is 0 Å². The Balaban J connectivity index is 1.92. The Kier molecular flexibility index (Phi) is 3.51. The second kappa shape index (κ2) is 4.67. The zero-order chi connectivity index (χ0) is 9.97. The van der Waals surface area contributed by atoms with Gasteiger partial charge in [0.2, 0.25) is 0 Å². The summed E-state index contributed by atoms with van der Waals surface area (Å²) in [6.07, 6.45) is 5.15. The Morgan fingerprint density at radius 3 is 3.00 bits per heavy atom. The van der Waals surface area contributed by atoms with Crippen molar-refractivity contribution < 1.29 is 0 Å². The van der Waals surface area contributed by atoms with E-state index in [1.807, 2.05) is 11.3 Å². The molecule has 3 atom stereocenters. The van der Waals surface area contributed by atoms with Gasteiger partial charge in [-0.2, -0.15) is 0 Å². The molecule has 0 spiro atoms. The molecule has 1 aliphatic carbocycles. The first-order valence-corrected chi connectivity index (χ1v) is 6.75. The molecule has 78 valence electrons. The molecule has 0 aromatic carbocycles. The van der Waals surface area contributed by atoms with Crippen LogP contribution < -0.4 is 0 Å². The Morgan fingerprint density at radius 1 is 1.57 bits per heavy atom. The Labute approximate surface area is 95.3 Å². The summed E-state index contributed by atoms with van der Waals surface area (Å²) in [4.78, 5) is 1.43. The van der Waals surface area contributed by atoms with Gasteiger partial charge in [0, 0.05) is 10.3 Å². The number of alkyl halides is 1. The first kappa shape index (κ1) is 10.5. The summed E-state index contributed by atoms with van der Waals surface area (Å²) in [6, 6.07) is 4.31. The van der Waals surface area contributed by atoms with E-state index in [1.54, 1.807) is 0 Å². The maximum absolute atomic E-state index is 6.48. The fraction of sp³-hybridized carbons (Fsp3) is 0.667. The average molecular weight is 229 g/mol. The summed E-state index contributed by atoms with van der Waals surface area (Å²) in [5.74, 6) is 1.58. The van der Waals surface area contributed by atoms with Crippen LogP contribution in [0.3, 0.4) is 0 Å². The third-order valence-corrected chi connectivity index (χ3v) is 4.75. The molecule has 1 fully saturated rings. The molecule has 2 rings (SSSR count). The third-order valence-electron chi connectivity index (χ3n) is 3.37. The van der Waals surface area contributed by atoms with Gasteiger partial charge in [0.25, 0.3) is 0 Å². The van der Waals surface area contributed by atoms with E-state index in [1.165, 1.54) is 24.1 Å². The van der Waals surface area contributed by atoms with Crippen LogP contribution in [0.5, 0.6) is 0 Å².